The molecule has 6 nitrogen and oxygen atoms in total. The third-order valence-electron chi connectivity index (χ3n) is 1.68. The molecule has 6 heteroatoms. The van der Waals surface area contributed by atoms with Gasteiger partial charge in [-0.3, -0.25) is 4.98 Å². The van der Waals surface area contributed by atoms with Crippen LogP contribution in [0.4, 0.5) is 10.6 Å². The summed E-state index contributed by atoms with van der Waals surface area (Å²) in [5.74, 6) is 0.705. The van der Waals surface area contributed by atoms with Crippen LogP contribution >= 0.6 is 0 Å². The number of nitrogens with one attached hydrogen (secondary N) is 2. The third kappa shape index (κ3) is 4.26. The van der Waals surface area contributed by atoms with Gasteiger partial charge in [0.25, 0.3) is 0 Å². The molecule has 0 fully saturated rings. The van der Waals surface area contributed by atoms with Crippen molar-refractivity contribution in [2.45, 2.75) is 0 Å². The number of carbonyl (C=O) groups excluding carboxylic acids is 1. The molecular weight excluding hydrogens is 194 g/mol. The Balaban J connectivity index is 2.15. The normalized spacial score (nSPS) is 9.47. The minimum atomic E-state index is -0.101. The number of amides is 2. The summed E-state index contributed by atoms with van der Waals surface area (Å²) < 4.78 is 0. The maximum absolute atomic E-state index is 11.1. The lowest BCUT2D eigenvalue weighted by Gasteiger charge is -2.12. The minimum absolute atomic E-state index is 0.101. The molecule has 0 saturated carbocycles. The van der Waals surface area contributed by atoms with E-state index in [4.69, 9.17) is 0 Å². The molecule has 1 heterocycles. The van der Waals surface area contributed by atoms with Crippen LogP contribution in [0, 0.1) is 0 Å². The number of carbonyl (C=O) groups is 1. The van der Waals surface area contributed by atoms with Gasteiger partial charge in [-0.15, -0.1) is 0 Å². The second kappa shape index (κ2) is 5.79. The molecule has 1 aromatic rings. The first-order chi connectivity index (χ1) is 7.20. The summed E-state index contributed by atoms with van der Waals surface area (Å²) in [4.78, 5) is 20.5. The van der Waals surface area contributed by atoms with Crippen LogP contribution in [-0.4, -0.2) is 48.1 Å². The van der Waals surface area contributed by atoms with Gasteiger partial charge in [-0.05, 0) is 0 Å². The number of aromatic nitrogens is 2. The molecule has 15 heavy (non-hydrogen) atoms. The average molecular weight is 209 g/mol. The van der Waals surface area contributed by atoms with E-state index >= 15 is 0 Å². The quantitative estimate of drug-likeness (QED) is 0.693. The number of rotatable bonds is 4. The van der Waals surface area contributed by atoms with E-state index in [9.17, 15) is 4.79 Å². The molecule has 0 aliphatic carbocycles. The Morgan fingerprint density at radius 3 is 2.80 bits per heavy atom. The summed E-state index contributed by atoms with van der Waals surface area (Å²) in [6.07, 6.45) is 4.85. The summed E-state index contributed by atoms with van der Waals surface area (Å²) in [5, 5.41) is 5.76. The van der Waals surface area contributed by atoms with Crippen molar-refractivity contribution in [3.8, 4) is 0 Å². The van der Waals surface area contributed by atoms with Crippen LogP contribution in [0.25, 0.3) is 0 Å². The molecule has 1 aromatic heterocycles. The molecule has 0 atom stereocenters. The number of nitrogens with zero attached hydrogens (tertiary/aromatic N) is 3. The van der Waals surface area contributed by atoms with Gasteiger partial charge < -0.3 is 15.5 Å². The number of anilines is 1. The minimum Gasteiger partial charge on any atom is -0.367 e. The van der Waals surface area contributed by atoms with Gasteiger partial charge in [-0.2, -0.15) is 0 Å². The lowest BCUT2D eigenvalue weighted by atomic mass is 10.5. The van der Waals surface area contributed by atoms with Crippen molar-refractivity contribution in [2.24, 2.45) is 0 Å². The molecule has 1 rings (SSSR count). The first kappa shape index (κ1) is 11.2. The van der Waals surface area contributed by atoms with E-state index in [-0.39, 0.29) is 6.03 Å². The Labute approximate surface area is 88.7 Å². The van der Waals surface area contributed by atoms with Crippen LogP contribution in [-0.2, 0) is 0 Å². The second-order valence-electron chi connectivity index (χ2n) is 3.14. The number of hydrogen-bond acceptors (Lipinski definition) is 4. The summed E-state index contributed by atoms with van der Waals surface area (Å²) >= 11 is 0. The summed E-state index contributed by atoms with van der Waals surface area (Å²) in [6, 6.07) is -0.101. The Morgan fingerprint density at radius 1 is 1.40 bits per heavy atom. The largest absolute Gasteiger partial charge is 0.367 e. The van der Waals surface area contributed by atoms with Gasteiger partial charge in [0.15, 0.2) is 0 Å². The van der Waals surface area contributed by atoms with Gasteiger partial charge in [-0.25, -0.2) is 9.78 Å². The zero-order valence-electron chi connectivity index (χ0n) is 8.90. The van der Waals surface area contributed by atoms with Crippen molar-refractivity contribution in [3.63, 3.8) is 0 Å². The van der Waals surface area contributed by atoms with Crippen LogP contribution in [0.1, 0.15) is 0 Å². The SMILES string of the molecule is CN(C)C(=O)NCCNc1cnccn1. The van der Waals surface area contributed by atoms with E-state index in [1.807, 2.05) is 0 Å². The molecule has 0 aliphatic heterocycles. The molecule has 0 radical (unpaired) electrons. The zero-order chi connectivity index (χ0) is 11.1. The predicted octanol–water partition coefficient (Wildman–Crippen LogP) is 0.160. The molecule has 0 spiro atoms. The molecule has 82 valence electrons. The van der Waals surface area contributed by atoms with E-state index in [1.165, 1.54) is 4.90 Å². The van der Waals surface area contributed by atoms with Crippen molar-refractivity contribution in [1.29, 1.82) is 0 Å². The van der Waals surface area contributed by atoms with E-state index < -0.39 is 0 Å². The molecule has 2 amide bonds. The summed E-state index contributed by atoms with van der Waals surface area (Å²) in [6.45, 7) is 1.17. The van der Waals surface area contributed by atoms with Gasteiger partial charge in [0.05, 0.1) is 6.20 Å². The fourth-order valence-electron chi connectivity index (χ4n) is 0.908. The van der Waals surface area contributed by atoms with Crippen LogP contribution in [0.3, 0.4) is 0 Å². The standard InChI is InChI=1S/C9H15N5O/c1-14(2)9(15)13-6-5-12-8-7-10-3-4-11-8/h3-4,7H,5-6H2,1-2H3,(H,11,12)(H,13,15). The molecule has 0 aliphatic rings. The summed E-state index contributed by atoms with van der Waals surface area (Å²) in [5.41, 5.74) is 0. The molecule has 0 unspecified atom stereocenters. The van der Waals surface area contributed by atoms with Gasteiger partial charge in [-0.1, -0.05) is 0 Å². The second-order valence-corrected chi connectivity index (χ2v) is 3.14. The zero-order valence-corrected chi connectivity index (χ0v) is 8.90. The first-order valence-electron chi connectivity index (χ1n) is 4.65. The highest BCUT2D eigenvalue weighted by atomic mass is 16.2. The topological polar surface area (TPSA) is 70.2 Å². The van der Waals surface area contributed by atoms with E-state index in [1.54, 1.807) is 32.7 Å². The van der Waals surface area contributed by atoms with Crippen molar-refractivity contribution < 1.29 is 4.79 Å². The summed E-state index contributed by atoms with van der Waals surface area (Å²) in [7, 11) is 3.40. The molecule has 0 bridgehead atoms. The average Bonchev–Trinajstić information content (AvgIpc) is 2.25. The first-order valence-corrected chi connectivity index (χ1v) is 4.65. The van der Waals surface area contributed by atoms with E-state index in [0.717, 1.165) is 0 Å². The maximum Gasteiger partial charge on any atom is 0.316 e. The highest BCUT2D eigenvalue weighted by molar-refractivity contribution is 5.73. The Hall–Kier alpha value is -1.85. The molecule has 0 aromatic carbocycles. The lowest BCUT2D eigenvalue weighted by Crippen LogP contribution is -2.37. The van der Waals surface area contributed by atoms with E-state index in [2.05, 4.69) is 20.6 Å². The highest BCUT2D eigenvalue weighted by Gasteiger charge is 2.00. The predicted molar refractivity (Wildman–Crippen MR) is 57.6 cm³/mol. The monoisotopic (exact) mass is 209 g/mol. The fraction of sp³-hybridized carbons (Fsp3) is 0.444. The van der Waals surface area contributed by atoms with Crippen molar-refractivity contribution >= 4 is 11.8 Å². The molecular formula is C9H15N5O. The van der Waals surface area contributed by atoms with E-state index in [0.29, 0.717) is 18.9 Å². The maximum atomic E-state index is 11.1. The van der Waals surface area contributed by atoms with Gasteiger partial charge in [0.1, 0.15) is 5.82 Å². The fourth-order valence-corrected chi connectivity index (χ4v) is 0.908. The number of hydrogen-bond donors (Lipinski definition) is 2. The van der Waals surface area contributed by atoms with Crippen molar-refractivity contribution in [1.82, 2.24) is 20.2 Å². The van der Waals surface area contributed by atoms with Crippen LogP contribution in [0.2, 0.25) is 0 Å². The Kier molecular flexibility index (Phi) is 4.33. The Bertz CT molecular complexity index is 301. The Morgan fingerprint density at radius 2 is 2.20 bits per heavy atom. The third-order valence-corrected chi connectivity index (χ3v) is 1.68. The smallest absolute Gasteiger partial charge is 0.316 e. The molecule has 0 saturated heterocycles. The van der Waals surface area contributed by atoms with Gasteiger partial charge >= 0.3 is 6.03 Å². The van der Waals surface area contributed by atoms with Crippen molar-refractivity contribution in [2.75, 3.05) is 32.5 Å². The molecule has 2 N–H and O–H groups in total. The van der Waals surface area contributed by atoms with Crippen LogP contribution < -0.4 is 10.6 Å². The lowest BCUT2D eigenvalue weighted by molar-refractivity contribution is 0.218. The number of urea groups is 1. The van der Waals surface area contributed by atoms with Gasteiger partial charge in [0, 0.05) is 39.6 Å². The highest BCUT2D eigenvalue weighted by Crippen LogP contribution is 1.94. The van der Waals surface area contributed by atoms with Crippen molar-refractivity contribution in [3.05, 3.63) is 18.6 Å². The van der Waals surface area contributed by atoms with Crippen LogP contribution in [0.5, 0.6) is 0 Å². The van der Waals surface area contributed by atoms with Crippen LogP contribution in [0.15, 0.2) is 18.6 Å². The van der Waals surface area contributed by atoms with Gasteiger partial charge in [0.2, 0.25) is 0 Å².